The van der Waals surface area contributed by atoms with Crippen LogP contribution in [0.1, 0.15) is 41.7 Å². The summed E-state index contributed by atoms with van der Waals surface area (Å²) >= 11 is 1.70. The normalized spacial score (nSPS) is 15.7. The quantitative estimate of drug-likeness (QED) is 0.877. The fourth-order valence-electron chi connectivity index (χ4n) is 2.07. The molecule has 2 N–H and O–H groups in total. The number of thiophene rings is 1. The first-order chi connectivity index (χ1) is 9.72. The molecular formula is C16H18N2OS. The fraction of sp³-hybridized carbons (Fsp3) is 0.312. The van der Waals surface area contributed by atoms with E-state index in [1.807, 2.05) is 24.3 Å². The van der Waals surface area contributed by atoms with Crippen molar-refractivity contribution in [1.82, 2.24) is 5.32 Å². The van der Waals surface area contributed by atoms with Gasteiger partial charge >= 0.3 is 0 Å². The van der Waals surface area contributed by atoms with Gasteiger partial charge in [0.15, 0.2) is 0 Å². The zero-order chi connectivity index (χ0) is 13.9. The van der Waals surface area contributed by atoms with E-state index in [9.17, 15) is 4.79 Å². The molecule has 0 radical (unpaired) electrons. The van der Waals surface area contributed by atoms with Crippen LogP contribution in [0.4, 0.5) is 5.69 Å². The lowest BCUT2D eigenvalue weighted by atomic mass is 10.1. The van der Waals surface area contributed by atoms with Crippen molar-refractivity contribution in [2.24, 2.45) is 0 Å². The summed E-state index contributed by atoms with van der Waals surface area (Å²) in [6.07, 6.45) is 2.23. The van der Waals surface area contributed by atoms with Crippen LogP contribution in [0.15, 0.2) is 41.1 Å². The molecule has 104 valence electrons. The van der Waals surface area contributed by atoms with E-state index in [0.29, 0.717) is 6.04 Å². The first-order valence-electron chi connectivity index (χ1n) is 6.92. The Hall–Kier alpha value is -1.81. The van der Waals surface area contributed by atoms with Gasteiger partial charge in [0.05, 0.1) is 0 Å². The number of anilines is 1. The van der Waals surface area contributed by atoms with Crippen molar-refractivity contribution in [1.29, 1.82) is 0 Å². The number of rotatable bonds is 5. The zero-order valence-electron chi connectivity index (χ0n) is 11.4. The van der Waals surface area contributed by atoms with Gasteiger partial charge in [0.25, 0.3) is 5.91 Å². The average Bonchev–Trinajstić information content (AvgIpc) is 3.08. The van der Waals surface area contributed by atoms with Crippen molar-refractivity contribution in [3.63, 3.8) is 0 Å². The first-order valence-corrected chi connectivity index (χ1v) is 7.86. The van der Waals surface area contributed by atoms with Crippen LogP contribution in [0.3, 0.4) is 0 Å². The van der Waals surface area contributed by atoms with Gasteiger partial charge in [-0.2, -0.15) is 11.3 Å². The van der Waals surface area contributed by atoms with Crippen LogP contribution < -0.4 is 10.6 Å². The molecule has 1 amide bonds. The van der Waals surface area contributed by atoms with Crippen LogP contribution in [-0.4, -0.2) is 11.9 Å². The van der Waals surface area contributed by atoms with E-state index in [4.69, 9.17) is 0 Å². The minimum absolute atomic E-state index is 0.0323. The van der Waals surface area contributed by atoms with Crippen LogP contribution in [-0.2, 0) is 0 Å². The fourth-order valence-corrected chi connectivity index (χ4v) is 2.82. The number of hydrogen-bond donors (Lipinski definition) is 2. The Morgan fingerprint density at radius 2 is 2.00 bits per heavy atom. The zero-order valence-corrected chi connectivity index (χ0v) is 12.2. The van der Waals surface area contributed by atoms with Gasteiger partial charge in [-0.1, -0.05) is 0 Å². The molecule has 1 aliphatic rings. The highest BCUT2D eigenvalue weighted by Gasteiger charge is 2.23. The number of hydrogen-bond acceptors (Lipinski definition) is 3. The van der Waals surface area contributed by atoms with Gasteiger partial charge in [0.2, 0.25) is 0 Å². The highest BCUT2D eigenvalue weighted by Crippen LogP contribution is 2.22. The number of amides is 1. The number of nitrogens with one attached hydrogen (secondary N) is 2. The Balaban J connectivity index is 1.62. The monoisotopic (exact) mass is 286 g/mol. The Bertz CT molecular complexity index is 573. The van der Waals surface area contributed by atoms with Crippen LogP contribution in [0.2, 0.25) is 0 Å². The Morgan fingerprint density at radius 3 is 2.60 bits per heavy atom. The second-order valence-electron chi connectivity index (χ2n) is 5.25. The highest BCUT2D eigenvalue weighted by molar-refractivity contribution is 7.07. The summed E-state index contributed by atoms with van der Waals surface area (Å²) < 4.78 is 0. The predicted molar refractivity (Wildman–Crippen MR) is 83.3 cm³/mol. The minimum atomic E-state index is 0.0323. The van der Waals surface area contributed by atoms with E-state index in [0.717, 1.165) is 24.1 Å². The molecule has 1 aromatic carbocycles. The lowest BCUT2D eigenvalue weighted by Crippen LogP contribution is -2.25. The number of benzene rings is 1. The predicted octanol–water partition coefficient (Wildman–Crippen LogP) is 3.81. The Labute approximate surface area is 123 Å². The molecule has 4 heteroatoms. The first kappa shape index (κ1) is 13.2. The molecule has 0 saturated heterocycles. The lowest BCUT2D eigenvalue weighted by molar-refractivity contribution is 0.0951. The molecule has 1 aliphatic carbocycles. The maximum absolute atomic E-state index is 11.9. The highest BCUT2D eigenvalue weighted by atomic mass is 32.1. The molecule has 3 nitrogen and oxygen atoms in total. The molecule has 3 rings (SSSR count). The van der Waals surface area contributed by atoms with Crippen molar-refractivity contribution in [2.45, 2.75) is 31.8 Å². The topological polar surface area (TPSA) is 41.1 Å². The molecule has 1 fully saturated rings. The van der Waals surface area contributed by atoms with Crippen molar-refractivity contribution in [2.75, 3.05) is 5.32 Å². The third kappa shape index (κ3) is 3.20. The van der Waals surface area contributed by atoms with Gasteiger partial charge in [-0.25, -0.2) is 0 Å². The Kier molecular flexibility index (Phi) is 3.74. The maximum atomic E-state index is 11.9. The summed E-state index contributed by atoms with van der Waals surface area (Å²) in [7, 11) is 0. The smallest absolute Gasteiger partial charge is 0.251 e. The average molecular weight is 286 g/mol. The molecule has 1 aromatic heterocycles. The molecule has 20 heavy (non-hydrogen) atoms. The lowest BCUT2D eigenvalue weighted by Gasteiger charge is -2.14. The molecule has 1 saturated carbocycles. The summed E-state index contributed by atoms with van der Waals surface area (Å²) in [6.45, 7) is 2.13. The molecule has 0 aliphatic heterocycles. The minimum Gasteiger partial charge on any atom is -0.378 e. The largest absolute Gasteiger partial charge is 0.378 e. The summed E-state index contributed by atoms with van der Waals surface area (Å²) in [4.78, 5) is 11.9. The van der Waals surface area contributed by atoms with Gasteiger partial charge in [0, 0.05) is 23.3 Å². The van der Waals surface area contributed by atoms with Crippen molar-refractivity contribution in [3.05, 3.63) is 52.2 Å². The van der Waals surface area contributed by atoms with E-state index in [-0.39, 0.29) is 11.9 Å². The second kappa shape index (κ2) is 5.67. The second-order valence-corrected chi connectivity index (χ2v) is 6.03. The van der Waals surface area contributed by atoms with Crippen LogP contribution in [0.25, 0.3) is 0 Å². The van der Waals surface area contributed by atoms with E-state index >= 15 is 0 Å². The van der Waals surface area contributed by atoms with Gasteiger partial charge in [-0.05, 0) is 66.4 Å². The van der Waals surface area contributed by atoms with Gasteiger partial charge < -0.3 is 10.6 Å². The number of carbonyl (C=O) groups is 1. The summed E-state index contributed by atoms with van der Waals surface area (Å²) in [5.74, 6) is 0.0323. The summed E-state index contributed by atoms with van der Waals surface area (Å²) in [5, 5.41) is 10.7. The maximum Gasteiger partial charge on any atom is 0.251 e. The Morgan fingerprint density at radius 1 is 1.25 bits per heavy atom. The van der Waals surface area contributed by atoms with E-state index < -0.39 is 0 Å². The van der Waals surface area contributed by atoms with Crippen LogP contribution in [0.5, 0.6) is 0 Å². The third-order valence-electron chi connectivity index (χ3n) is 3.49. The van der Waals surface area contributed by atoms with Gasteiger partial charge in [-0.3, -0.25) is 4.79 Å². The number of carbonyl (C=O) groups excluding carboxylic acids is 1. The van der Waals surface area contributed by atoms with Crippen LogP contribution >= 0.6 is 11.3 Å². The standard InChI is InChI=1S/C16H18N2OS/c1-11(13-8-9-20-10-13)17-14-4-2-12(3-5-14)16(19)18-15-6-7-15/h2-5,8-11,15,17H,6-7H2,1H3,(H,18,19). The summed E-state index contributed by atoms with van der Waals surface area (Å²) in [5.41, 5.74) is 3.04. The third-order valence-corrected chi connectivity index (χ3v) is 4.19. The molecular weight excluding hydrogens is 268 g/mol. The van der Waals surface area contributed by atoms with Crippen molar-refractivity contribution in [3.8, 4) is 0 Å². The molecule has 1 heterocycles. The van der Waals surface area contributed by atoms with Gasteiger partial charge in [0.1, 0.15) is 0 Å². The SMILES string of the molecule is CC(Nc1ccc(C(=O)NC2CC2)cc1)c1ccsc1. The molecule has 2 aromatic rings. The molecule has 1 atom stereocenters. The molecule has 0 bridgehead atoms. The van der Waals surface area contributed by atoms with E-state index in [1.165, 1.54) is 5.56 Å². The van der Waals surface area contributed by atoms with Crippen molar-refractivity contribution >= 4 is 22.9 Å². The van der Waals surface area contributed by atoms with E-state index in [2.05, 4.69) is 34.4 Å². The van der Waals surface area contributed by atoms with Crippen molar-refractivity contribution < 1.29 is 4.79 Å². The van der Waals surface area contributed by atoms with Crippen LogP contribution in [0, 0.1) is 0 Å². The van der Waals surface area contributed by atoms with E-state index in [1.54, 1.807) is 11.3 Å². The summed E-state index contributed by atoms with van der Waals surface area (Å²) in [6, 6.07) is 10.5. The molecule has 1 unspecified atom stereocenters. The molecule has 0 spiro atoms. The van der Waals surface area contributed by atoms with Gasteiger partial charge in [-0.15, -0.1) is 0 Å².